The number of aryl methyl sites for hydroxylation is 1. The third kappa shape index (κ3) is 2.81. The number of carbonyl (C=O) groups is 2. The van der Waals surface area contributed by atoms with Gasteiger partial charge in [-0.15, -0.1) is 0 Å². The van der Waals surface area contributed by atoms with Crippen molar-refractivity contribution in [1.82, 2.24) is 9.88 Å². The number of carboxylic acid groups (broad SMARTS) is 1. The predicted molar refractivity (Wildman–Crippen MR) is 86.2 cm³/mol. The number of carboxylic acids is 1. The molecule has 0 bridgehead atoms. The molecule has 120 valence electrons. The molecule has 1 fully saturated rings. The molecule has 1 atom stereocenters. The Morgan fingerprint density at radius 1 is 1.39 bits per heavy atom. The van der Waals surface area contributed by atoms with E-state index in [1.54, 1.807) is 25.1 Å². The first-order valence-corrected chi connectivity index (χ1v) is 7.88. The number of alkyl halides is 1. The van der Waals surface area contributed by atoms with E-state index in [0.717, 1.165) is 4.47 Å². The zero-order valence-electron chi connectivity index (χ0n) is 12.3. The molecule has 2 aromatic rings. The molecule has 1 aliphatic rings. The van der Waals surface area contributed by atoms with Crippen LogP contribution in [0, 0.1) is 6.92 Å². The molecule has 2 heterocycles. The van der Waals surface area contributed by atoms with E-state index >= 15 is 0 Å². The van der Waals surface area contributed by atoms with Crippen molar-refractivity contribution in [1.29, 1.82) is 0 Å². The van der Waals surface area contributed by atoms with Gasteiger partial charge in [-0.2, -0.15) is 0 Å². The first kappa shape index (κ1) is 15.9. The number of likely N-dealkylation sites (tertiary alicyclic amines) is 1. The Bertz CT molecular complexity index is 826. The van der Waals surface area contributed by atoms with E-state index in [-0.39, 0.29) is 18.9 Å². The van der Waals surface area contributed by atoms with Crippen LogP contribution in [0.25, 0.3) is 10.9 Å². The summed E-state index contributed by atoms with van der Waals surface area (Å²) in [6, 6.07) is 7.06. The molecule has 23 heavy (non-hydrogen) atoms. The van der Waals surface area contributed by atoms with Gasteiger partial charge in [-0.05, 0) is 31.2 Å². The fraction of sp³-hybridized carbons (Fsp3) is 0.312. The summed E-state index contributed by atoms with van der Waals surface area (Å²) in [5.41, 5.74) is -0.621. The van der Waals surface area contributed by atoms with Gasteiger partial charge in [-0.1, -0.05) is 15.9 Å². The van der Waals surface area contributed by atoms with Gasteiger partial charge in [-0.3, -0.25) is 9.78 Å². The van der Waals surface area contributed by atoms with Gasteiger partial charge in [0.1, 0.15) is 0 Å². The molecule has 0 aliphatic carbocycles. The summed E-state index contributed by atoms with van der Waals surface area (Å²) in [7, 11) is 0. The van der Waals surface area contributed by atoms with Crippen molar-refractivity contribution in [3.8, 4) is 0 Å². The molecule has 0 saturated carbocycles. The molecule has 3 rings (SSSR count). The lowest BCUT2D eigenvalue weighted by molar-refractivity contribution is -0.149. The van der Waals surface area contributed by atoms with Crippen LogP contribution < -0.4 is 0 Å². The van der Waals surface area contributed by atoms with Crippen LogP contribution >= 0.6 is 15.9 Å². The van der Waals surface area contributed by atoms with E-state index in [1.165, 1.54) is 4.90 Å². The number of hydrogen-bond acceptors (Lipinski definition) is 3. The van der Waals surface area contributed by atoms with Crippen molar-refractivity contribution < 1.29 is 19.1 Å². The number of pyridine rings is 1. The van der Waals surface area contributed by atoms with E-state index in [4.69, 9.17) is 5.11 Å². The van der Waals surface area contributed by atoms with Gasteiger partial charge in [0.2, 0.25) is 5.67 Å². The van der Waals surface area contributed by atoms with Crippen LogP contribution in [0.5, 0.6) is 0 Å². The summed E-state index contributed by atoms with van der Waals surface area (Å²) in [6.45, 7) is 1.43. The van der Waals surface area contributed by atoms with Crippen molar-refractivity contribution in [2.24, 2.45) is 0 Å². The third-order valence-corrected chi connectivity index (χ3v) is 4.51. The molecular formula is C16H14BrFN2O3. The minimum Gasteiger partial charge on any atom is -0.479 e. The van der Waals surface area contributed by atoms with Gasteiger partial charge >= 0.3 is 5.97 Å². The predicted octanol–water partition coefficient (Wildman–Crippen LogP) is 2.94. The summed E-state index contributed by atoms with van der Waals surface area (Å²) in [4.78, 5) is 29.4. The number of hydrogen-bond donors (Lipinski definition) is 1. The summed E-state index contributed by atoms with van der Waals surface area (Å²) in [5.74, 6) is -1.90. The van der Waals surface area contributed by atoms with Crippen molar-refractivity contribution in [3.05, 3.63) is 40.0 Å². The van der Waals surface area contributed by atoms with Gasteiger partial charge in [0.05, 0.1) is 17.6 Å². The Morgan fingerprint density at radius 3 is 2.78 bits per heavy atom. The number of carbonyl (C=O) groups excluding carboxylic acids is 1. The smallest absolute Gasteiger partial charge is 0.343 e. The monoisotopic (exact) mass is 380 g/mol. The van der Waals surface area contributed by atoms with Crippen LogP contribution in [0.15, 0.2) is 28.7 Å². The summed E-state index contributed by atoms with van der Waals surface area (Å²) in [6.07, 6.45) is -0.195. The molecule has 0 radical (unpaired) electrons. The van der Waals surface area contributed by atoms with Crippen molar-refractivity contribution in [3.63, 3.8) is 0 Å². The number of aromatic nitrogens is 1. The summed E-state index contributed by atoms with van der Waals surface area (Å²) >= 11 is 3.36. The average Bonchev–Trinajstić information content (AvgIpc) is 2.90. The Kier molecular flexibility index (Phi) is 3.83. The lowest BCUT2D eigenvalue weighted by Crippen LogP contribution is -2.39. The van der Waals surface area contributed by atoms with E-state index in [9.17, 15) is 14.0 Å². The van der Waals surface area contributed by atoms with Gasteiger partial charge < -0.3 is 10.0 Å². The van der Waals surface area contributed by atoms with Crippen LogP contribution in [-0.4, -0.2) is 45.6 Å². The van der Waals surface area contributed by atoms with E-state index in [1.807, 2.05) is 6.07 Å². The molecule has 1 saturated heterocycles. The van der Waals surface area contributed by atoms with Gasteiger partial charge in [0.15, 0.2) is 0 Å². The third-order valence-electron chi connectivity index (χ3n) is 4.02. The number of benzene rings is 1. The molecule has 1 amide bonds. The minimum atomic E-state index is -2.37. The molecular weight excluding hydrogens is 367 g/mol. The molecule has 1 N–H and O–H groups in total. The number of aliphatic carboxylic acids is 1. The minimum absolute atomic E-state index is 0.0818. The van der Waals surface area contributed by atoms with E-state index in [0.29, 0.717) is 22.2 Å². The highest BCUT2D eigenvalue weighted by molar-refractivity contribution is 9.10. The molecule has 0 spiro atoms. The average molecular weight is 381 g/mol. The van der Waals surface area contributed by atoms with Gasteiger partial charge in [0.25, 0.3) is 5.91 Å². The lowest BCUT2D eigenvalue weighted by atomic mass is 10.1. The van der Waals surface area contributed by atoms with Crippen molar-refractivity contribution >= 4 is 38.7 Å². The first-order chi connectivity index (χ1) is 10.8. The highest BCUT2D eigenvalue weighted by atomic mass is 79.9. The number of fused-ring (bicyclic) bond motifs is 1. The largest absolute Gasteiger partial charge is 0.479 e. The number of amides is 1. The Hall–Kier alpha value is -2.02. The normalized spacial score (nSPS) is 20.9. The zero-order valence-corrected chi connectivity index (χ0v) is 13.9. The van der Waals surface area contributed by atoms with Crippen LogP contribution in [0.3, 0.4) is 0 Å². The Morgan fingerprint density at radius 2 is 2.13 bits per heavy atom. The highest BCUT2D eigenvalue weighted by Crippen LogP contribution is 2.29. The zero-order chi connectivity index (χ0) is 16.8. The molecule has 1 aliphatic heterocycles. The quantitative estimate of drug-likeness (QED) is 0.869. The summed E-state index contributed by atoms with van der Waals surface area (Å²) < 4.78 is 15.0. The van der Waals surface area contributed by atoms with E-state index in [2.05, 4.69) is 20.9 Å². The van der Waals surface area contributed by atoms with Crippen LogP contribution in [0.1, 0.15) is 22.5 Å². The Labute approximate surface area is 140 Å². The molecule has 1 aromatic heterocycles. The highest BCUT2D eigenvalue weighted by Gasteiger charge is 2.47. The number of nitrogens with zero attached hydrogens (tertiary/aromatic N) is 2. The maximum Gasteiger partial charge on any atom is 0.343 e. The van der Waals surface area contributed by atoms with Gasteiger partial charge in [-0.25, -0.2) is 9.18 Å². The summed E-state index contributed by atoms with van der Waals surface area (Å²) in [5, 5.41) is 9.62. The van der Waals surface area contributed by atoms with E-state index < -0.39 is 18.2 Å². The van der Waals surface area contributed by atoms with Crippen LogP contribution in [0.4, 0.5) is 4.39 Å². The maximum absolute atomic E-state index is 14.2. The molecule has 7 heteroatoms. The topological polar surface area (TPSA) is 70.5 Å². The fourth-order valence-electron chi connectivity index (χ4n) is 2.80. The molecule has 1 unspecified atom stereocenters. The van der Waals surface area contributed by atoms with Crippen molar-refractivity contribution in [2.75, 3.05) is 13.1 Å². The first-order valence-electron chi connectivity index (χ1n) is 7.09. The second-order valence-electron chi connectivity index (χ2n) is 5.72. The molecule has 5 nitrogen and oxygen atoms in total. The second-order valence-corrected chi connectivity index (χ2v) is 6.64. The van der Waals surface area contributed by atoms with Crippen LogP contribution in [-0.2, 0) is 4.79 Å². The van der Waals surface area contributed by atoms with Gasteiger partial charge in [0, 0.05) is 28.5 Å². The Balaban J connectivity index is 2.02. The lowest BCUT2D eigenvalue weighted by Gasteiger charge is -2.19. The number of rotatable bonds is 2. The fourth-order valence-corrected chi connectivity index (χ4v) is 3.16. The van der Waals surface area contributed by atoms with Crippen LogP contribution in [0.2, 0.25) is 0 Å². The number of halogens is 2. The standard InChI is InChI=1S/C16H14BrFN2O3/c1-9-6-12(11-7-10(17)2-3-13(11)19-9)14(21)20-5-4-16(18,8-20)15(22)23/h2-3,6-7H,4-5,8H2,1H3,(H,22,23). The van der Waals surface area contributed by atoms with Crippen molar-refractivity contribution in [2.45, 2.75) is 19.0 Å². The molecule has 1 aromatic carbocycles. The second kappa shape index (κ2) is 5.56. The SMILES string of the molecule is Cc1cc(C(=O)N2CCC(F)(C(=O)O)C2)c2cc(Br)ccc2n1. The maximum atomic E-state index is 14.2.